The molecule has 0 bridgehead atoms. The summed E-state index contributed by atoms with van der Waals surface area (Å²) in [6.45, 7) is 0.816. The third-order valence-electron chi connectivity index (χ3n) is 2.47. The number of carbonyl (C=O) groups is 1. The van der Waals surface area contributed by atoms with Crippen molar-refractivity contribution in [2.24, 2.45) is 12.8 Å². The van der Waals surface area contributed by atoms with Crippen LogP contribution in [-0.2, 0) is 16.6 Å². The van der Waals surface area contributed by atoms with Crippen LogP contribution in [-0.4, -0.2) is 34.4 Å². The molecule has 15 heavy (non-hydrogen) atoms. The van der Waals surface area contributed by atoms with E-state index in [0.717, 1.165) is 0 Å². The van der Waals surface area contributed by atoms with Gasteiger partial charge in [-0.05, 0) is 6.42 Å². The first-order valence-electron chi connectivity index (χ1n) is 4.77. The minimum Gasteiger partial charge on any atom is -0.379 e. The van der Waals surface area contributed by atoms with Crippen LogP contribution >= 0.6 is 0 Å². The van der Waals surface area contributed by atoms with Crippen molar-refractivity contribution in [3.63, 3.8) is 0 Å². The summed E-state index contributed by atoms with van der Waals surface area (Å²) in [5.41, 5.74) is 5.65. The third kappa shape index (κ3) is 2.00. The van der Waals surface area contributed by atoms with E-state index in [1.807, 2.05) is 0 Å². The van der Waals surface area contributed by atoms with Gasteiger partial charge in [0.2, 0.25) is 5.91 Å². The number of amides is 1. The van der Waals surface area contributed by atoms with Gasteiger partial charge < -0.3 is 15.8 Å². The van der Waals surface area contributed by atoms with Gasteiger partial charge in [-0.1, -0.05) is 0 Å². The Labute approximate surface area is 87.4 Å². The van der Waals surface area contributed by atoms with Crippen LogP contribution in [0, 0.1) is 0 Å². The van der Waals surface area contributed by atoms with Crippen LogP contribution < -0.4 is 11.1 Å². The molecular formula is C9H14N4O2. The Bertz CT molecular complexity index is 368. The number of anilines is 1. The van der Waals surface area contributed by atoms with E-state index in [1.54, 1.807) is 24.1 Å². The van der Waals surface area contributed by atoms with Crippen LogP contribution in [0.1, 0.15) is 6.42 Å². The van der Waals surface area contributed by atoms with Gasteiger partial charge in [-0.15, -0.1) is 0 Å². The first-order chi connectivity index (χ1) is 7.10. The third-order valence-corrected chi connectivity index (χ3v) is 2.47. The molecule has 2 heterocycles. The largest absolute Gasteiger partial charge is 0.379 e. The zero-order valence-corrected chi connectivity index (χ0v) is 8.56. The number of hydrogen-bond donors (Lipinski definition) is 2. The van der Waals surface area contributed by atoms with Crippen molar-refractivity contribution in [2.75, 3.05) is 18.5 Å². The Balaban J connectivity index is 2.03. The minimum atomic E-state index is -0.893. The Morgan fingerprint density at radius 2 is 2.60 bits per heavy atom. The minimum absolute atomic E-state index is 0.215. The Morgan fingerprint density at radius 3 is 3.13 bits per heavy atom. The number of ether oxygens (including phenoxy) is 1. The molecule has 2 rings (SSSR count). The Kier molecular flexibility index (Phi) is 2.45. The average Bonchev–Trinajstić information content (AvgIpc) is 2.76. The number of nitrogens with one attached hydrogen (secondary N) is 1. The smallest absolute Gasteiger partial charge is 0.247 e. The maximum absolute atomic E-state index is 11.8. The second-order valence-electron chi connectivity index (χ2n) is 3.82. The molecule has 1 fully saturated rings. The van der Waals surface area contributed by atoms with Crippen molar-refractivity contribution in [1.29, 1.82) is 0 Å². The van der Waals surface area contributed by atoms with Gasteiger partial charge in [0, 0.05) is 19.9 Å². The van der Waals surface area contributed by atoms with Crippen molar-refractivity contribution in [2.45, 2.75) is 12.0 Å². The second kappa shape index (κ2) is 3.63. The van der Waals surface area contributed by atoms with E-state index in [2.05, 4.69) is 10.4 Å². The molecule has 1 aromatic rings. The van der Waals surface area contributed by atoms with E-state index in [1.165, 1.54) is 0 Å². The van der Waals surface area contributed by atoms with Crippen molar-refractivity contribution in [1.82, 2.24) is 9.78 Å². The number of hydrogen-bond acceptors (Lipinski definition) is 4. The fraction of sp³-hybridized carbons (Fsp3) is 0.556. The summed E-state index contributed by atoms with van der Waals surface area (Å²) in [5.74, 6) is -0.215. The second-order valence-corrected chi connectivity index (χ2v) is 3.82. The van der Waals surface area contributed by atoms with Gasteiger partial charge in [0.05, 0.1) is 18.5 Å². The van der Waals surface area contributed by atoms with Crippen LogP contribution in [0.25, 0.3) is 0 Å². The quantitative estimate of drug-likeness (QED) is 0.688. The van der Waals surface area contributed by atoms with Gasteiger partial charge >= 0.3 is 0 Å². The highest BCUT2D eigenvalue weighted by molar-refractivity contribution is 5.98. The van der Waals surface area contributed by atoms with Crippen LogP contribution in [0.15, 0.2) is 12.4 Å². The molecule has 3 N–H and O–H groups in total. The van der Waals surface area contributed by atoms with Crippen molar-refractivity contribution < 1.29 is 9.53 Å². The highest BCUT2D eigenvalue weighted by Crippen LogP contribution is 2.17. The van der Waals surface area contributed by atoms with Gasteiger partial charge in [0.1, 0.15) is 5.54 Å². The van der Waals surface area contributed by atoms with Gasteiger partial charge in [-0.3, -0.25) is 9.48 Å². The Hall–Kier alpha value is -1.40. The lowest BCUT2D eigenvalue weighted by atomic mass is 9.99. The monoisotopic (exact) mass is 210 g/mol. The zero-order chi connectivity index (χ0) is 10.9. The zero-order valence-electron chi connectivity index (χ0n) is 8.56. The molecule has 1 aromatic heterocycles. The van der Waals surface area contributed by atoms with Crippen molar-refractivity contribution in [3.05, 3.63) is 12.4 Å². The van der Waals surface area contributed by atoms with Gasteiger partial charge in [-0.25, -0.2) is 0 Å². The van der Waals surface area contributed by atoms with Gasteiger partial charge in [0.15, 0.2) is 0 Å². The summed E-state index contributed by atoms with van der Waals surface area (Å²) in [6.07, 6.45) is 3.85. The maximum Gasteiger partial charge on any atom is 0.247 e. The van der Waals surface area contributed by atoms with Crippen LogP contribution in [0.3, 0.4) is 0 Å². The number of aromatic nitrogens is 2. The molecular weight excluding hydrogens is 196 g/mol. The van der Waals surface area contributed by atoms with E-state index in [4.69, 9.17) is 10.5 Å². The number of aryl methyl sites for hydroxylation is 1. The molecule has 82 valence electrons. The number of nitrogens with zero attached hydrogens (tertiary/aromatic N) is 2. The van der Waals surface area contributed by atoms with E-state index in [0.29, 0.717) is 18.7 Å². The first kappa shape index (κ1) is 10.1. The van der Waals surface area contributed by atoms with Crippen molar-refractivity contribution in [3.8, 4) is 0 Å². The molecule has 1 aliphatic heterocycles. The summed E-state index contributed by atoms with van der Waals surface area (Å²) in [6, 6.07) is 0. The lowest BCUT2D eigenvalue weighted by Gasteiger charge is -2.19. The van der Waals surface area contributed by atoms with Crippen LogP contribution in [0.5, 0.6) is 0 Å². The van der Waals surface area contributed by atoms with Crippen LogP contribution in [0.2, 0.25) is 0 Å². The standard InChI is InChI=1S/C9H14N4O2/c1-13-5-7(4-11-13)12-8(14)9(10)2-3-15-6-9/h4-5H,2-3,6,10H2,1H3,(H,12,14). The molecule has 0 radical (unpaired) electrons. The van der Waals surface area contributed by atoms with E-state index in [9.17, 15) is 4.79 Å². The lowest BCUT2D eigenvalue weighted by molar-refractivity contribution is -0.121. The molecule has 0 aromatic carbocycles. The molecule has 1 saturated heterocycles. The first-order valence-corrected chi connectivity index (χ1v) is 4.77. The van der Waals surface area contributed by atoms with E-state index >= 15 is 0 Å². The molecule has 0 spiro atoms. The predicted octanol–water partition coefficient (Wildman–Crippen LogP) is -0.524. The fourth-order valence-corrected chi connectivity index (χ4v) is 1.50. The summed E-state index contributed by atoms with van der Waals surface area (Å²) in [5, 5.41) is 6.67. The topological polar surface area (TPSA) is 82.2 Å². The molecule has 0 saturated carbocycles. The summed E-state index contributed by atoms with van der Waals surface area (Å²) in [4.78, 5) is 11.8. The molecule has 1 amide bonds. The van der Waals surface area contributed by atoms with Crippen molar-refractivity contribution >= 4 is 11.6 Å². The lowest BCUT2D eigenvalue weighted by Crippen LogP contribution is -2.51. The molecule has 6 heteroatoms. The van der Waals surface area contributed by atoms with E-state index in [-0.39, 0.29) is 12.5 Å². The summed E-state index contributed by atoms with van der Waals surface area (Å²) in [7, 11) is 1.78. The van der Waals surface area contributed by atoms with Gasteiger partial charge in [-0.2, -0.15) is 5.10 Å². The highest BCUT2D eigenvalue weighted by Gasteiger charge is 2.38. The molecule has 0 aliphatic carbocycles. The van der Waals surface area contributed by atoms with Gasteiger partial charge in [0.25, 0.3) is 0 Å². The predicted molar refractivity (Wildman–Crippen MR) is 54.2 cm³/mol. The number of nitrogens with two attached hydrogens (primary N) is 1. The summed E-state index contributed by atoms with van der Waals surface area (Å²) < 4.78 is 6.73. The number of rotatable bonds is 2. The summed E-state index contributed by atoms with van der Waals surface area (Å²) >= 11 is 0. The highest BCUT2D eigenvalue weighted by atomic mass is 16.5. The maximum atomic E-state index is 11.8. The average molecular weight is 210 g/mol. The van der Waals surface area contributed by atoms with E-state index < -0.39 is 5.54 Å². The normalized spacial score (nSPS) is 25.5. The molecule has 1 unspecified atom stereocenters. The SMILES string of the molecule is Cn1cc(NC(=O)C2(N)CCOC2)cn1. The molecule has 6 nitrogen and oxygen atoms in total. The molecule has 1 aliphatic rings. The fourth-order valence-electron chi connectivity index (χ4n) is 1.50. The van der Waals surface area contributed by atoms with Crippen LogP contribution in [0.4, 0.5) is 5.69 Å². The Morgan fingerprint density at radius 1 is 1.80 bits per heavy atom. The molecule has 1 atom stereocenters. The number of carbonyl (C=O) groups excluding carboxylic acids is 1.